The fraction of sp³-hybridized carbons (Fsp3) is 0.167. The summed E-state index contributed by atoms with van der Waals surface area (Å²) in [6, 6.07) is 7.93. The number of methoxy groups -OCH3 is 1. The first-order valence-corrected chi connectivity index (χ1v) is 8.05. The van der Waals surface area contributed by atoms with Gasteiger partial charge in [-0.2, -0.15) is 13.2 Å². The van der Waals surface area contributed by atoms with Gasteiger partial charge in [0.1, 0.15) is 11.6 Å². The molecule has 2 aromatic rings. The van der Waals surface area contributed by atoms with Crippen molar-refractivity contribution in [1.29, 1.82) is 0 Å². The van der Waals surface area contributed by atoms with Gasteiger partial charge in [-0.15, -0.1) is 0 Å². The van der Waals surface area contributed by atoms with E-state index < -0.39 is 41.1 Å². The van der Waals surface area contributed by atoms with Gasteiger partial charge in [0.2, 0.25) is 0 Å². The van der Waals surface area contributed by atoms with Crippen molar-refractivity contribution in [1.82, 2.24) is 10.6 Å². The normalized spacial score (nSPS) is 19.1. The van der Waals surface area contributed by atoms with Gasteiger partial charge in [0.15, 0.2) is 0 Å². The highest BCUT2D eigenvalue weighted by molar-refractivity contribution is 6.24. The molecule has 29 heavy (non-hydrogen) atoms. The number of ether oxygens (including phenoxy) is 1. The number of anilines is 1. The number of hydrogen-bond donors (Lipinski definition) is 2. The molecule has 3 rings (SSSR count). The number of carbonyl (C=O) groups is 3. The van der Waals surface area contributed by atoms with E-state index in [4.69, 9.17) is 4.74 Å². The maximum absolute atomic E-state index is 13.8. The summed E-state index contributed by atoms with van der Waals surface area (Å²) in [5, 5.41) is 2.92. The Morgan fingerprint density at radius 2 is 1.72 bits per heavy atom. The molecule has 2 aromatic carbocycles. The van der Waals surface area contributed by atoms with Crippen LogP contribution in [0.2, 0.25) is 0 Å². The first-order chi connectivity index (χ1) is 13.6. The number of rotatable bonds is 4. The number of nitrogens with zero attached hydrogens (tertiary/aromatic N) is 1. The Kier molecular flexibility index (Phi) is 4.91. The van der Waals surface area contributed by atoms with Gasteiger partial charge in [-0.25, -0.2) is 14.1 Å². The van der Waals surface area contributed by atoms with E-state index in [1.54, 1.807) is 0 Å². The van der Waals surface area contributed by atoms with Crippen LogP contribution in [0.4, 0.5) is 28.0 Å². The molecule has 152 valence electrons. The highest BCUT2D eigenvalue weighted by atomic mass is 19.4. The van der Waals surface area contributed by atoms with Crippen LogP contribution in [0.25, 0.3) is 0 Å². The number of halogens is 4. The van der Waals surface area contributed by atoms with Crippen LogP contribution < -0.4 is 20.3 Å². The third-order valence-corrected chi connectivity index (χ3v) is 4.20. The second-order valence-corrected chi connectivity index (χ2v) is 5.95. The number of urea groups is 1. The van der Waals surface area contributed by atoms with Gasteiger partial charge < -0.3 is 10.1 Å². The van der Waals surface area contributed by atoms with Gasteiger partial charge in [0, 0.05) is 0 Å². The Labute approximate surface area is 161 Å². The number of alkyl halides is 3. The van der Waals surface area contributed by atoms with Crippen molar-refractivity contribution in [3.05, 3.63) is 59.9 Å². The van der Waals surface area contributed by atoms with Crippen LogP contribution in [-0.4, -0.2) is 36.8 Å². The van der Waals surface area contributed by atoms with Crippen LogP contribution in [0.1, 0.15) is 10.4 Å². The maximum atomic E-state index is 13.8. The predicted octanol–water partition coefficient (Wildman–Crippen LogP) is 2.58. The first-order valence-electron chi connectivity index (χ1n) is 8.05. The summed E-state index contributed by atoms with van der Waals surface area (Å²) in [5.41, 5.74) is -4.66. The quantitative estimate of drug-likeness (QED) is 0.598. The minimum atomic E-state index is -5.41. The van der Waals surface area contributed by atoms with Crippen molar-refractivity contribution >= 4 is 23.5 Å². The minimum absolute atomic E-state index is 0.181. The lowest BCUT2D eigenvalue weighted by Gasteiger charge is -2.29. The zero-order valence-electron chi connectivity index (χ0n) is 14.7. The van der Waals surface area contributed by atoms with Gasteiger partial charge in [-0.3, -0.25) is 14.9 Å². The van der Waals surface area contributed by atoms with E-state index in [0.717, 1.165) is 12.1 Å². The molecule has 1 fully saturated rings. The number of amides is 4. The largest absolute Gasteiger partial charge is 0.497 e. The van der Waals surface area contributed by atoms with E-state index in [-0.39, 0.29) is 10.6 Å². The standard InChI is InChI=1S/C18H13F4N3O4/c1-29-11-8-6-10(7-9-11)25-15(27)17(18(20,21)22,24-16(25)28)23-14(26)12-4-2-3-5-13(12)19/h2-9H,1H3,(H,23,26)(H,24,28)/t17-/m1/s1. The Morgan fingerprint density at radius 1 is 1.10 bits per heavy atom. The van der Waals surface area contributed by atoms with Crippen molar-refractivity contribution in [3.8, 4) is 5.75 Å². The zero-order chi connectivity index (χ0) is 21.4. The molecule has 1 heterocycles. The smallest absolute Gasteiger partial charge is 0.440 e. The molecular formula is C18H13F4N3O4. The lowest BCUT2D eigenvalue weighted by Crippen LogP contribution is -2.69. The minimum Gasteiger partial charge on any atom is -0.497 e. The number of nitrogens with one attached hydrogen (secondary N) is 2. The fourth-order valence-corrected chi connectivity index (χ4v) is 2.73. The van der Waals surface area contributed by atoms with Gasteiger partial charge in [0.05, 0.1) is 18.4 Å². The molecule has 1 aliphatic heterocycles. The summed E-state index contributed by atoms with van der Waals surface area (Å²) in [6.45, 7) is 0. The molecule has 0 aliphatic carbocycles. The molecule has 0 radical (unpaired) electrons. The van der Waals surface area contributed by atoms with Crippen LogP contribution in [0, 0.1) is 5.82 Å². The molecule has 0 unspecified atom stereocenters. The lowest BCUT2D eigenvalue weighted by molar-refractivity contribution is -0.197. The molecule has 0 bridgehead atoms. The zero-order valence-corrected chi connectivity index (χ0v) is 14.7. The molecule has 1 saturated heterocycles. The molecular weight excluding hydrogens is 398 g/mol. The number of hydrogen-bond acceptors (Lipinski definition) is 4. The Bertz CT molecular complexity index is 978. The monoisotopic (exact) mass is 411 g/mol. The highest BCUT2D eigenvalue weighted by Gasteiger charge is 2.69. The summed E-state index contributed by atoms with van der Waals surface area (Å²) in [6.07, 6.45) is -5.41. The van der Waals surface area contributed by atoms with Crippen molar-refractivity contribution in [2.45, 2.75) is 11.8 Å². The van der Waals surface area contributed by atoms with Gasteiger partial charge in [-0.1, -0.05) is 12.1 Å². The van der Waals surface area contributed by atoms with Crippen LogP contribution >= 0.6 is 0 Å². The van der Waals surface area contributed by atoms with E-state index in [0.29, 0.717) is 5.75 Å². The summed E-state index contributed by atoms with van der Waals surface area (Å²) in [4.78, 5) is 37.4. The van der Waals surface area contributed by atoms with Crippen LogP contribution in [-0.2, 0) is 4.79 Å². The third-order valence-electron chi connectivity index (χ3n) is 4.20. The molecule has 1 aliphatic rings. The lowest BCUT2D eigenvalue weighted by atomic mass is 10.1. The summed E-state index contributed by atoms with van der Waals surface area (Å²) >= 11 is 0. The predicted molar refractivity (Wildman–Crippen MR) is 91.7 cm³/mol. The average Bonchev–Trinajstić information content (AvgIpc) is 2.92. The van der Waals surface area contributed by atoms with E-state index >= 15 is 0 Å². The SMILES string of the molecule is COc1ccc(N2C(=O)N[C@@](NC(=O)c3ccccc3F)(C(F)(F)F)C2=O)cc1. The van der Waals surface area contributed by atoms with Gasteiger partial charge in [-0.05, 0) is 36.4 Å². The van der Waals surface area contributed by atoms with E-state index in [1.165, 1.54) is 54.1 Å². The average molecular weight is 411 g/mol. The van der Waals surface area contributed by atoms with Crippen molar-refractivity contribution < 1.29 is 36.7 Å². The van der Waals surface area contributed by atoms with Crippen molar-refractivity contribution in [2.24, 2.45) is 0 Å². The number of benzene rings is 2. The first kappa shape index (κ1) is 20.1. The van der Waals surface area contributed by atoms with E-state index in [2.05, 4.69) is 0 Å². The summed E-state index contributed by atoms with van der Waals surface area (Å²) in [5.74, 6) is -4.06. The van der Waals surface area contributed by atoms with Gasteiger partial charge in [0.25, 0.3) is 17.5 Å². The molecule has 0 aromatic heterocycles. The fourth-order valence-electron chi connectivity index (χ4n) is 2.73. The maximum Gasteiger partial charge on any atom is 0.440 e. The Hall–Kier alpha value is -3.63. The molecule has 2 N–H and O–H groups in total. The van der Waals surface area contributed by atoms with E-state index in [1.807, 2.05) is 0 Å². The van der Waals surface area contributed by atoms with Crippen molar-refractivity contribution in [2.75, 3.05) is 12.0 Å². The van der Waals surface area contributed by atoms with Crippen molar-refractivity contribution in [3.63, 3.8) is 0 Å². The molecule has 1 atom stereocenters. The third kappa shape index (κ3) is 3.35. The molecule has 4 amide bonds. The highest BCUT2D eigenvalue weighted by Crippen LogP contribution is 2.36. The summed E-state index contributed by atoms with van der Waals surface area (Å²) < 4.78 is 60.2. The second-order valence-electron chi connectivity index (χ2n) is 5.95. The van der Waals surface area contributed by atoms with Crippen LogP contribution in [0.15, 0.2) is 48.5 Å². The molecule has 11 heteroatoms. The molecule has 0 spiro atoms. The molecule has 0 saturated carbocycles. The van der Waals surface area contributed by atoms with E-state index in [9.17, 15) is 31.9 Å². The number of imide groups is 1. The van der Waals surface area contributed by atoms with Gasteiger partial charge >= 0.3 is 12.2 Å². The number of carbonyl (C=O) groups excluding carboxylic acids is 3. The Morgan fingerprint density at radius 3 is 2.28 bits per heavy atom. The molecule has 7 nitrogen and oxygen atoms in total. The van der Waals surface area contributed by atoms with Crippen LogP contribution in [0.3, 0.4) is 0 Å². The van der Waals surface area contributed by atoms with Crippen LogP contribution in [0.5, 0.6) is 5.75 Å². The second kappa shape index (κ2) is 7.08. The Balaban J connectivity index is 2.00. The summed E-state index contributed by atoms with van der Waals surface area (Å²) in [7, 11) is 1.36. The topological polar surface area (TPSA) is 87.7 Å².